The van der Waals surface area contributed by atoms with Crippen LogP contribution in [0.15, 0.2) is 78.9 Å². The summed E-state index contributed by atoms with van der Waals surface area (Å²) >= 11 is 0. The molecule has 1 heterocycles. The summed E-state index contributed by atoms with van der Waals surface area (Å²) in [7, 11) is 0. The third-order valence-electron chi connectivity index (χ3n) is 4.55. The van der Waals surface area contributed by atoms with Crippen LogP contribution in [-0.2, 0) is 6.18 Å². The monoisotopic (exact) mass is 454 g/mol. The van der Waals surface area contributed by atoms with Crippen molar-refractivity contribution in [1.29, 1.82) is 0 Å². The maximum absolute atomic E-state index is 14.4. The van der Waals surface area contributed by atoms with Crippen molar-refractivity contribution in [2.75, 3.05) is 5.32 Å². The first kappa shape index (κ1) is 22.1. The molecule has 0 aliphatic rings. The molecule has 0 unspecified atom stereocenters. The minimum atomic E-state index is -4.78. The molecule has 5 nitrogen and oxygen atoms in total. The number of carbonyl (C=O) groups excluding carboxylic acids is 1. The second-order valence-corrected chi connectivity index (χ2v) is 7.01. The Labute approximate surface area is 186 Å². The summed E-state index contributed by atoms with van der Waals surface area (Å²) in [5, 5.41) is 5.84. The Morgan fingerprint density at radius 2 is 1.70 bits per heavy atom. The summed E-state index contributed by atoms with van der Waals surface area (Å²) in [6.45, 7) is 3.73. The lowest BCUT2D eigenvalue weighted by molar-refractivity contribution is -0.141. The Morgan fingerprint density at radius 1 is 0.939 bits per heavy atom. The highest BCUT2D eigenvalue weighted by molar-refractivity contribution is 6.03. The molecular formula is C24H16F4N3O2. The quantitative estimate of drug-likeness (QED) is 0.362. The number of amides is 1. The third kappa shape index (κ3) is 5.03. The number of rotatable bonds is 5. The molecule has 0 saturated heterocycles. The van der Waals surface area contributed by atoms with E-state index in [1.54, 1.807) is 42.5 Å². The van der Waals surface area contributed by atoms with Crippen molar-refractivity contribution in [2.24, 2.45) is 0 Å². The predicted octanol–water partition coefficient (Wildman–Crippen LogP) is 6.26. The van der Waals surface area contributed by atoms with Gasteiger partial charge in [0.05, 0.1) is 11.4 Å². The van der Waals surface area contributed by atoms with Crippen LogP contribution in [0.4, 0.5) is 23.2 Å². The number of nitrogens with one attached hydrogen (secondary N) is 1. The molecule has 0 aliphatic heterocycles. The molecule has 4 aromatic rings. The summed E-state index contributed by atoms with van der Waals surface area (Å²) in [6, 6.07) is 19.1. The summed E-state index contributed by atoms with van der Waals surface area (Å²) in [6.07, 6.45) is -4.78. The molecular weight excluding hydrogens is 438 g/mol. The van der Waals surface area contributed by atoms with Gasteiger partial charge in [0.25, 0.3) is 5.91 Å². The van der Waals surface area contributed by atoms with E-state index >= 15 is 0 Å². The summed E-state index contributed by atoms with van der Waals surface area (Å²) in [5.74, 6) is -1.05. The van der Waals surface area contributed by atoms with Gasteiger partial charge in [0.15, 0.2) is 5.69 Å². The normalized spacial score (nSPS) is 11.3. The van der Waals surface area contributed by atoms with E-state index in [1.165, 1.54) is 24.3 Å². The topological polar surface area (TPSA) is 56.2 Å². The van der Waals surface area contributed by atoms with E-state index in [0.29, 0.717) is 17.4 Å². The Bertz CT molecular complexity index is 1300. The number of anilines is 1. The van der Waals surface area contributed by atoms with E-state index in [2.05, 4.69) is 17.3 Å². The van der Waals surface area contributed by atoms with Crippen molar-refractivity contribution in [1.82, 2.24) is 9.78 Å². The van der Waals surface area contributed by atoms with E-state index < -0.39 is 29.3 Å². The molecule has 1 aromatic heterocycles. The van der Waals surface area contributed by atoms with Crippen LogP contribution in [0.25, 0.3) is 5.69 Å². The number of aromatic nitrogens is 2. The fraction of sp³-hybridized carbons (Fsp3) is 0.0417. The molecule has 0 fully saturated rings. The first-order valence-corrected chi connectivity index (χ1v) is 9.64. The van der Waals surface area contributed by atoms with Crippen molar-refractivity contribution < 1.29 is 27.1 Å². The number of ether oxygens (including phenoxy) is 1. The van der Waals surface area contributed by atoms with Gasteiger partial charge < -0.3 is 10.1 Å². The van der Waals surface area contributed by atoms with Gasteiger partial charge in [-0.1, -0.05) is 30.3 Å². The Morgan fingerprint density at radius 3 is 2.39 bits per heavy atom. The van der Waals surface area contributed by atoms with Gasteiger partial charge >= 0.3 is 6.18 Å². The molecule has 0 aliphatic carbocycles. The van der Waals surface area contributed by atoms with Crippen LogP contribution in [0.3, 0.4) is 0 Å². The fourth-order valence-electron chi connectivity index (χ4n) is 3.04. The van der Waals surface area contributed by atoms with E-state index in [-0.39, 0.29) is 17.1 Å². The molecule has 0 atom stereocenters. The Hall–Kier alpha value is -4.14. The number of para-hydroxylation sites is 1. The Balaban J connectivity index is 1.67. The standard InChI is InChI=1S/C24H16F4N3O2/c1-15-6-5-7-16(12-15)31-21(14-22(30-31)24(26,27)28)23(32)29-20-13-18(10-11-19(20)25)33-17-8-3-2-4-9-17/h2-14H,1H2,(H,29,32). The highest BCUT2D eigenvalue weighted by Crippen LogP contribution is 2.31. The maximum Gasteiger partial charge on any atom is 0.435 e. The summed E-state index contributed by atoms with van der Waals surface area (Å²) < 4.78 is 60.7. The predicted molar refractivity (Wildman–Crippen MR) is 114 cm³/mol. The smallest absolute Gasteiger partial charge is 0.435 e. The van der Waals surface area contributed by atoms with Gasteiger partial charge in [-0.3, -0.25) is 4.79 Å². The molecule has 4 rings (SSSR count). The molecule has 0 spiro atoms. The van der Waals surface area contributed by atoms with Crippen LogP contribution < -0.4 is 10.1 Å². The lowest BCUT2D eigenvalue weighted by atomic mass is 10.2. The van der Waals surface area contributed by atoms with E-state index in [1.807, 2.05) is 0 Å². The van der Waals surface area contributed by atoms with Gasteiger partial charge in [0.2, 0.25) is 0 Å². The lowest BCUT2D eigenvalue weighted by Crippen LogP contribution is -2.17. The average Bonchev–Trinajstić information content (AvgIpc) is 3.23. The molecule has 3 aromatic carbocycles. The molecule has 1 amide bonds. The van der Waals surface area contributed by atoms with Crippen molar-refractivity contribution in [3.05, 3.63) is 109 Å². The summed E-state index contributed by atoms with van der Waals surface area (Å²) in [5.41, 5.74) is -1.24. The molecule has 0 bridgehead atoms. The number of hydrogen-bond donors (Lipinski definition) is 1. The van der Waals surface area contributed by atoms with Gasteiger partial charge in [-0.15, -0.1) is 0 Å². The molecule has 0 saturated carbocycles. The number of benzene rings is 3. The number of halogens is 4. The number of alkyl halides is 3. The van der Waals surface area contributed by atoms with Crippen LogP contribution in [-0.4, -0.2) is 15.7 Å². The largest absolute Gasteiger partial charge is 0.457 e. The van der Waals surface area contributed by atoms with Crippen LogP contribution >= 0.6 is 0 Å². The third-order valence-corrected chi connectivity index (χ3v) is 4.55. The van der Waals surface area contributed by atoms with Crippen LogP contribution in [0.1, 0.15) is 21.7 Å². The zero-order chi connectivity index (χ0) is 23.6. The van der Waals surface area contributed by atoms with Gasteiger partial charge in [0.1, 0.15) is 23.0 Å². The van der Waals surface area contributed by atoms with Gasteiger partial charge in [0, 0.05) is 12.1 Å². The Kier molecular flexibility index (Phi) is 5.87. The van der Waals surface area contributed by atoms with Crippen molar-refractivity contribution in [3.63, 3.8) is 0 Å². The zero-order valence-electron chi connectivity index (χ0n) is 16.9. The first-order chi connectivity index (χ1) is 15.7. The fourth-order valence-corrected chi connectivity index (χ4v) is 3.04. The average molecular weight is 454 g/mol. The summed E-state index contributed by atoms with van der Waals surface area (Å²) in [4.78, 5) is 12.9. The molecule has 1 radical (unpaired) electrons. The van der Waals surface area contributed by atoms with Crippen LogP contribution in [0, 0.1) is 12.7 Å². The molecule has 1 N–H and O–H groups in total. The van der Waals surface area contributed by atoms with Crippen molar-refractivity contribution in [3.8, 4) is 17.2 Å². The number of nitrogens with zero attached hydrogens (tertiary/aromatic N) is 2. The second-order valence-electron chi connectivity index (χ2n) is 7.01. The minimum absolute atomic E-state index is 0.199. The van der Waals surface area contributed by atoms with Gasteiger partial charge in [-0.05, 0) is 48.9 Å². The maximum atomic E-state index is 14.4. The first-order valence-electron chi connectivity index (χ1n) is 9.64. The second kappa shape index (κ2) is 8.78. The van der Waals surface area contributed by atoms with Gasteiger partial charge in [-0.2, -0.15) is 18.3 Å². The number of carbonyl (C=O) groups is 1. The SMILES string of the molecule is [CH2]c1cccc(-n2nc(C(F)(F)F)cc2C(=O)Nc2cc(Oc3ccccc3)ccc2F)c1. The highest BCUT2D eigenvalue weighted by atomic mass is 19.4. The number of hydrogen-bond acceptors (Lipinski definition) is 3. The van der Waals surface area contributed by atoms with Crippen molar-refractivity contribution >= 4 is 11.6 Å². The van der Waals surface area contributed by atoms with E-state index in [4.69, 9.17) is 4.74 Å². The molecule has 33 heavy (non-hydrogen) atoms. The minimum Gasteiger partial charge on any atom is -0.457 e. The highest BCUT2D eigenvalue weighted by Gasteiger charge is 2.36. The van der Waals surface area contributed by atoms with Crippen LogP contribution in [0.5, 0.6) is 11.5 Å². The van der Waals surface area contributed by atoms with Gasteiger partial charge in [-0.25, -0.2) is 9.07 Å². The molecule has 9 heteroatoms. The zero-order valence-corrected chi connectivity index (χ0v) is 16.9. The van der Waals surface area contributed by atoms with Crippen LogP contribution in [0.2, 0.25) is 0 Å². The van der Waals surface area contributed by atoms with Crippen molar-refractivity contribution in [2.45, 2.75) is 6.18 Å². The van der Waals surface area contributed by atoms with E-state index in [9.17, 15) is 22.4 Å². The van der Waals surface area contributed by atoms with E-state index in [0.717, 1.165) is 10.7 Å². The lowest BCUT2D eigenvalue weighted by Gasteiger charge is -2.11. The molecule has 167 valence electrons.